The Kier molecular flexibility index (Phi) is 2.83. The van der Waals surface area contributed by atoms with Crippen molar-refractivity contribution < 1.29 is 4.74 Å². The molecule has 19 heavy (non-hydrogen) atoms. The molecule has 3 aromatic heterocycles. The van der Waals surface area contributed by atoms with E-state index in [1.807, 2.05) is 25.1 Å². The lowest BCUT2D eigenvalue weighted by Crippen LogP contribution is -1.96. The maximum absolute atomic E-state index is 5.95. The second-order valence-corrected chi connectivity index (χ2v) is 4.45. The van der Waals surface area contributed by atoms with Crippen LogP contribution in [-0.2, 0) is 0 Å². The molecule has 0 saturated carbocycles. The molecule has 0 atom stereocenters. The van der Waals surface area contributed by atoms with Gasteiger partial charge in [0.15, 0.2) is 5.65 Å². The fourth-order valence-electron chi connectivity index (χ4n) is 2.02. The zero-order valence-corrected chi connectivity index (χ0v) is 11.2. The third kappa shape index (κ3) is 2.02. The summed E-state index contributed by atoms with van der Waals surface area (Å²) < 4.78 is 6.87. The summed E-state index contributed by atoms with van der Waals surface area (Å²) >= 11 is 5.95. The van der Waals surface area contributed by atoms with Crippen molar-refractivity contribution in [1.82, 2.24) is 19.6 Å². The summed E-state index contributed by atoms with van der Waals surface area (Å²) in [6, 6.07) is 7.30. The van der Waals surface area contributed by atoms with Gasteiger partial charge < -0.3 is 4.74 Å². The first-order valence-corrected chi connectivity index (χ1v) is 6.09. The number of aromatic nitrogens is 4. The molecular formula is C13H11ClN4O. The van der Waals surface area contributed by atoms with E-state index in [1.165, 1.54) is 0 Å². The van der Waals surface area contributed by atoms with Gasteiger partial charge in [0, 0.05) is 17.8 Å². The van der Waals surface area contributed by atoms with Crippen LogP contribution in [0.1, 0.15) is 5.69 Å². The molecule has 5 nitrogen and oxygen atoms in total. The molecule has 6 heteroatoms. The van der Waals surface area contributed by atoms with Crippen molar-refractivity contribution >= 4 is 17.2 Å². The average molecular weight is 275 g/mol. The standard InChI is InChI=1S/C13H11ClN4O/c1-8-13(9-5-6-15-12(7-9)19-2)18-11(16-8)4-3-10(14)17-18/h3-7H,1-2H3. The summed E-state index contributed by atoms with van der Waals surface area (Å²) in [4.78, 5) is 8.56. The summed E-state index contributed by atoms with van der Waals surface area (Å²) in [5, 5.41) is 4.71. The molecule has 0 amide bonds. The van der Waals surface area contributed by atoms with E-state index in [1.54, 1.807) is 23.9 Å². The van der Waals surface area contributed by atoms with Gasteiger partial charge in [-0.2, -0.15) is 5.10 Å². The lowest BCUT2D eigenvalue weighted by Gasteiger charge is -2.04. The van der Waals surface area contributed by atoms with Crippen molar-refractivity contribution in [3.05, 3.63) is 41.3 Å². The highest BCUT2D eigenvalue weighted by Gasteiger charge is 2.13. The van der Waals surface area contributed by atoms with Gasteiger partial charge in [-0.1, -0.05) is 11.6 Å². The number of rotatable bonds is 2. The van der Waals surface area contributed by atoms with Crippen LogP contribution in [0.3, 0.4) is 0 Å². The van der Waals surface area contributed by atoms with Crippen LogP contribution in [0.5, 0.6) is 5.88 Å². The van der Waals surface area contributed by atoms with Gasteiger partial charge in [-0.15, -0.1) is 0 Å². The summed E-state index contributed by atoms with van der Waals surface area (Å²) in [6.07, 6.45) is 1.69. The third-order valence-electron chi connectivity index (χ3n) is 2.84. The van der Waals surface area contributed by atoms with Gasteiger partial charge in [-0.05, 0) is 25.1 Å². The second-order valence-electron chi connectivity index (χ2n) is 4.06. The van der Waals surface area contributed by atoms with Crippen LogP contribution in [-0.4, -0.2) is 26.7 Å². The van der Waals surface area contributed by atoms with Crippen molar-refractivity contribution in [2.75, 3.05) is 7.11 Å². The maximum Gasteiger partial charge on any atom is 0.213 e. The van der Waals surface area contributed by atoms with Crippen molar-refractivity contribution in [2.45, 2.75) is 6.92 Å². The number of ether oxygens (including phenoxy) is 1. The number of nitrogens with zero attached hydrogens (tertiary/aromatic N) is 4. The molecule has 0 aliphatic carbocycles. The number of hydrogen-bond donors (Lipinski definition) is 0. The van der Waals surface area contributed by atoms with Gasteiger partial charge in [0.2, 0.25) is 5.88 Å². The number of pyridine rings is 1. The minimum atomic E-state index is 0.423. The largest absolute Gasteiger partial charge is 0.481 e. The topological polar surface area (TPSA) is 52.3 Å². The normalized spacial score (nSPS) is 10.9. The van der Waals surface area contributed by atoms with E-state index in [4.69, 9.17) is 16.3 Å². The van der Waals surface area contributed by atoms with Gasteiger partial charge in [0.1, 0.15) is 5.15 Å². The molecule has 0 aliphatic rings. The molecule has 96 valence electrons. The van der Waals surface area contributed by atoms with Crippen molar-refractivity contribution in [3.8, 4) is 17.1 Å². The maximum atomic E-state index is 5.95. The Morgan fingerprint density at radius 1 is 1.26 bits per heavy atom. The molecule has 0 bridgehead atoms. The van der Waals surface area contributed by atoms with Crippen LogP contribution < -0.4 is 4.74 Å². The molecule has 0 radical (unpaired) electrons. The first-order chi connectivity index (χ1) is 9.19. The smallest absolute Gasteiger partial charge is 0.213 e. The summed E-state index contributed by atoms with van der Waals surface area (Å²) in [6.45, 7) is 1.94. The fourth-order valence-corrected chi connectivity index (χ4v) is 2.16. The van der Waals surface area contributed by atoms with Crippen LogP contribution in [0.25, 0.3) is 16.9 Å². The highest BCUT2D eigenvalue weighted by Crippen LogP contribution is 2.26. The van der Waals surface area contributed by atoms with E-state index in [2.05, 4.69) is 15.1 Å². The van der Waals surface area contributed by atoms with E-state index in [-0.39, 0.29) is 0 Å². The molecule has 3 heterocycles. The summed E-state index contributed by atoms with van der Waals surface area (Å²) in [7, 11) is 1.59. The zero-order chi connectivity index (χ0) is 13.4. The van der Waals surface area contributed by atoms with Crippen molar-refractivity contribution in [2.24, 2.45) is 0 Å². The molecule has 0 aromatic carbocycles. The lowest BCUT2D eigenvalue weighted by molar-refractivity contribution is 0.398. The van der Waals surface area contributed by atoms with Crippen LogP contribution in [0, 0.1) is 6.92 Å². The minimum Gasteiger partial charge on any atom is -0.481 e. The second kappa shape index (κ2) is 4.51. The first kappa shape index (κ1) is 11.9. The van der Waals surface area contributed by atoms with Gasteiger partial charge in [-0.25, -0.2) is 14.5 Å². The molecule has 0 saturated heterocycles. The highest BCUT2D eigenvalue weighted by atomic mass is 35.5. The average Bonchev–Trinajstić information content (AvgIpc) is 2.74. The monoisotopic (exact) mass is 274 g/mol. The number of methoxy groups -OCH3 is 1. The van der Waals surface area contributed by atoms with Crippen LogP contribution in [0.15, 0.2) is 30.5 Å². The predicted molar refractivity (Wildman–Crippen MR) is 72.5 cm³/mol. The van der Waals surface area contributed by atoms with Crippen molar-refractivity contribution in [3.63, 3.8) is 0 Å². The number of fused-ring (bicyclic) bond motifs is 1. The van der Waals surface area contributed by atoms with Crippen molar-refractivity contribution in [1.29, 1.82) is 0 Å². The van der Waals surface area contributed by atoms with Crippen LogP contribution >= 0.6 is 11.6 Å². The zero-order valence-electron chi connectivity index (χ0n) is 10.5. The van der Waals surface area contributed by atoms with Gasteiger partial charge >= 0.3 is 0 Å². The Morgan fingerprint density at radius 2 is 2.11 bits per heavy atom. The number of imidazole rings is 1. The Hall–Kier alpha value is -2.14. The van der Waals surface area contributed by atoms with E-state index >= 15 is 0 Å². The Morgan fingerprint density at radius 3 is 2.89 bits per heavy atom. The molecule has 3 aromatic rings. The predicted octanol–water partition coefficient (Wildman–Crippen LogP) is 2.76. The quantitative estimate of drug-likeness (QED) is 0.721. The Labute approximate surface area is 114 Å². The van der Waals surface area contributed by atoms with E-state index in [9.17, 15) is 0 Å². The first-order valence-electron chi connectivity index (χ1n) is 5.71. The molecular weight excluding hydrogens is 264 g/mol. The SMILES string of the molecule is COc1cc(-c2c(C)nc3ccc(Cl)nn23)ccn1. The molecule has 0 spiro atoms. The lowest BCUT2D eigenvalue weighted by atomic mass is 10.1. The van der Waals surface area contributed by atoms with Gasteiger partial charge in [-0.3, -0.25) is 0 Å². The summed E-state index contributed by atoms with van der Waals surface area (Å²) in [5.74, 6) is 0.550. The van der Waals surface area contributed by atoms with E-state index in [0.29, 0.717) is 11.0 Å². The minimum absolute atomic E-state index is 0.423. The molecule has 0 unspecified atom stereocenters. The molecule has 3 rings (SSSR count). The fraction of sp³-hybridized carbons (Fsp3) is 0.154. The number of aryl methyl sites for hydroxylation is 1. The third-order valence-corrected chi connectivity index (χ3v) is 3.04. The Balaban J connectivity index is 2.28. The van der Waals surface area contributed by atoms with E-state index in [0.717, 1.165) is 22.6 Å². The molecule has 0 N–H and O–H groups in total. The Bertz CT molecular complexity index is 753. The van der Waals surface area contributed by atoms with Gasteiger partial charge in [0.25, 0.3) is 0 Å². The van der Waals surface area contributed by atoms with Gasteiger partial charge in [0.05, 0.1) is 18.5 Å². The number of hydrogen-bond acceptors (Lipinski definition) is 4. The van der Waals surface area contributed by atoms with Crippen LogP contribution in [0.4, 0.5) is 0 Å². The summed E-state index contributed by atoms with van der Waals surface area (Å²) in [5.41, 5.74) is 3.46. The molecule has 0 aliphatic heterocycles. The van der Waals surface area contributed by atoms with Crippen LogP contribution in [0.2, 0.25) is 5.15 Å². The number of halogens is 1. The molecule has 0 fully saturated rings. The highest BCUT2D eigenvalue weighted by molar-refractivity contribution is 6.29. The van der Waals surface area contributed by atoms with E-state index < -0.39 is 0 Å².